The molecular formula is C23H27N3O3S. The lowest BCUT2D eigenvalue weighted by molar-refractivity contribution is 0.0957. The van der Waals surface area contributed by atoms with E-state index < -0.39 is 0 Å². The number of benzene rings is 1. The summed E-state index contributed by atoms with van der Waals surface area (Å²) in [6.07, 6.45) is 2.52. The minimum atomic E-state index is -0.107. The topological polar surface area (TPSA) is 65.4 Å². The molecule has 3 rings (SSSR count). The number of hydrogen-bond donors (Lipinski definition) is 1. The predicted octanol–water partition coefficient (Wildman–Crippen LogP) is 4.55. The van der Waals surface area contributed by atoms with Gasteiger partial charge in [0.2, 0.25) is 0 Å². The molecule has 0 spiro atoms. The van der Waals surface area contributed by atoms with Gasteiger partial charge in [0.1, 0.15) is 10.8 Å². The van der Waals surface area contributed by atoms with Crippen LogP contribution in [0.5, 0.6) is 5.75 Å². The molecule has 2 heterocycles. The highest BCUT2D eigenvalue weighted by atomic mass is 32.1. The molecule has 0 saturated heterocycles. The summed E-state index contributed by atoms with van der Waals surface area (Å²) < 4.78 is 12.6. The molecule has 3 aromatic rings. The molecule has 0 saturated carbocycles. The Morgan fingerprint density at radius 1 is 1.30 bits per heavy atom. The lowest BCUT2D eigenvalue weighted by Crippen LogP contribution is -2.23. The largest absolute Gasteiger partial charge is 0.497 e. The van der Waals surface area contributed by atoms with Crippen LogP contribution in [0.25, 0.3) is 22.0 Å². The number of thiazole rings is 1. The Balaban J connectivity index is 1.95. The average molecular weight is 426 g/mol. The maximum Gasteiger partial charge on any atom is 0.253 e. The highest BCUT2D eigenvalue weighted by Crippen LogP contribution is 2.32. The molecule has 0 unspecified atom stereocenters. The Hall–Kier alpha value is -2.90. The summed E-state index contributed by atoms with van der Waals surface area (Å²) in [6, 6.07) is 9.77. The monoisotopic (exact) mass is 425 g/mol. The molecule has 30 heavy (non-hydrogen) atoms. The van der Waals surface area contributed by atoms with Gasteiger partial charge in [0.15, 0.2) is 0 Å². The number of hydrogen-bond acceptors (Lipinski definition) is 5. The van der Waals surface area contributed by atoms with Gasteiger partial charge in [-0.1, -0.05) is 6.08 Å². The standard InChI is InChI=1S/C23H27N3O3S/c1-5-11-24-22(27)19-14-21(26(16(19)2)12-6-13-28-3)20-15-30-23(25-20)17-7-9-18(29-4)10-8-17/h5,7-10,14-15H,1,6,11-13H2,2-4H3,(H,24,27). The average Bonchev–Trinajstić information content (AvgIpc) is 3.38. The van der Waals surface area contributed by atoms with Crippen LogP contribution in [-0.4, -0.2) is 42.8 Å². The van der Waals surface area contributed by atoms with Gasteiger partial charge in [0.05, 0.1) is 24.1 Å². The van der Waals surface area contributed by atoms with Crippen LogP contribution in [0.2, 0.25) is 0 Å². The second-order valence-electron chi connectivity index (χ2n) is 6.79. The second kappa shape index (κ2) is 10.2. The van der Waals surface area contributed by atoms with Gasteiger partial charge < -0.3 is 19.4 Å². The first kappa shape index (κ1) is 21.8. The number of ether oxygens (including phenoxy) is 2. The number of aromatic nitrogens is 2. The van der Waals surface area contributed by atoms with Crippen LogP contribution in [0, 0.1) is 6.92 Å². The lowest BCUT2D eigenvalue weighted by atomic mass is 10.2. The zero-order valence-corrected chi connectivity index (χ0v) is 18.4. The van der Waals surface area contributed by atoms with E-state index in [1.807, 2.05) is 42.6 Å². The Bertz CT molecular complexity index is 1010. The summed E-state index contributed by atoms with van der Waals surface area (Å²) in [4.78, 5) is 17.5. The third-order valence-electron chi connectivity index (χ3n) is 4.85. The van der Waals surface area contributed by atoms with Gasteiger partial charge >= 0.3 is 0 Å². The summed E-state index contributed by atoms with van der Waals surface area (Å²) >= 11 is 1.58. The van der Waals surface area contributed by atoms with Gasteiger partial charge in [-0.25, -0.2) is 4.98 Å². The van der Waals surface area contributed by atoms with Gasteiger partial charge in [-0.3, -0.25) is 4.79 Å². The fourth-order valence-corrected chi connectivity index (χ4v) is 4.08. The molecule has 6 nitrogen and oxygen atoms in total. The molecule has 0 atom stereocenters. The van der Waals surface area contributed by atoms with Crippen LogP contribution >= 0.6 is 11.3 Å². The van der Waals surface area contributed by atoms with Gasteiger partial charge in [0.25, 0.3) is 5.91 Å². The molecule has 1 N–H and O–H groups in total. The first-order chi connectivity index (χ1) is 14.6. The fourth-order valence-electron chi connectivity index (χ4n) is 3.26. The van der Waals surface area contributed by atoms with Crippen molar-refractivity contribution in [3.63, 3.8) is 0 Å². The van der Waals surface area contributed by atoms with Crippen LogP contribution in [0.4, 0.5) is 0 Å². The normalized spacial score (nSPS) is 10.8. The molecule has 1 aromatic carbocycles. The molecule has 0 bridgehead atoms. The number of rotatable bonds is 10. The maximum absolute atomic E-state index is 12.6. The highest BCUT2D eigenvalue weighted by Gasteiger charge is 2.20. The summed E-state index contributed by atoms with van der Waals surface area (Å²) in [5, 5.41) is 5.82. The Morgan fingerprint density at radius 2 is 2.07 bits per heavy atom. The zero-order chi connectivity index (χ0) is 21.5. The summed E-state index contributed by atoms with van der Waals surface area (Å²) in [5.74, 6) is 0.707. The van der Waals surface area contributed by atoms with E-state index in [4.69, 9.17) is 14.5 Å². The van der Waals surface area contributed by atoms with Crippen molar-refractivity contribution in [3.05, 3.63) is 59.6 Å². The van der Waals surface area contributed by atoms with Gasteiger partial charge in [-0.15, -0.1) is 17.9 Å². The molecule has 0 aliphatic carbocycles. The SMILES string of the molecule is C=CCNC(=O)c1cc(-c2csc(-c3ccc(OC)cc3)n2)n(CCCOC)c1C. The van der Waals surface area contributed by atoms with Crippen molar-refractivity contribution in [2.75, 3.05) is 27.4 Å². The van der Waals surface area contributed by atoms with Crippen LogP contribution < -0.4 is 10.1 Å². The summed E-state index contributed by atoms with van der Waals surface area (Å²) in [6.45, 7) is 7.47. The van der Waals surface area contributed by atoms with E-state index in [2.05, 4.69) is 16.5 Å². The van der Waals surface area contributed by atoms with Crippen molar-refractivity contribution < 1.29 is 14.3 Å². The number of carbonyl (C=O) groups is 1. The van der Waals surface area contributed by atoms with E-state index >= 15 is 0 Å². The van der Waals surface area contributed by atoms with E-state index in [-0.39, 0.29) is 5.91 Å². The van der Waals surface area contributed by atoms with Crippen LogP contribution in [-0.2, 0) is 11.3 Å². The Morgan fingerprint density at radius 3 is 2.73 bits per heavy atom. The van der Waals surface area contributed by atoms with Crippen molar-refractivity contribution in [2.24, 2.45) is 0 Å². The van der Waals surface area contributed by atoms with E-state index in [0.717, 1.165) is 46.4 Å². The van der Waals surface area contributed by atoms with Crippen molar-refractivity contribution in [2.45, 2.75) is 19.9 Å². The lowest BCUT2D eigenvalue weighted by Gasteiger charge is -2.10. The van der Waals surface area contributed by atoms with Crippen molar-refractivity contribution in [3.8, 4) is 27.7 Å². The molecule has 2 aromatic heterocycles. The summed E-state index contributed by atoms with van der Waals surface area (Å²) in [5.41, 5.74) is 4.40. The minimum absolute atomic E-state index is 0.107. The molecular weight excluding hydrogens is 398 g/mol. The number of amides is 1. The molecule has 7 heteroatoms. The quantitative estimate of drug-likeness (QED) is 0.382. The number of nitrogens with one attached hydrogen (secondary N) is 1. The Kier molecular flexibility index (Phi) is 7.43. The van der Waals surface area contributed by atoms with Crippen molar-refractivity contribution in [1.29, 1.82) is 0 Å². The third-order valence-corrected chi connectivity index (χ3v) is 5.74. The van der Waals surface area contributed by atoms with Gasteiger partial charge in [-0.2, -0.15) is 0 Å². The number of carbonyl (C=O) groups excluding carboxylic acids is 1. The van der Waals surface area contributed by atoms with Crippen LogP contribution in [0.1, 0.15) is 22.5 Å². The van der Waals surface area contributed by atoms with Gasteiger partial charge in [0, 0.05) is 43.4 Å². The predicted molar refractivity (Wildman–Crippen MR) is 121 cm³/mol. The van der Waals surface area contributed by atoms with E-state index in [1.54, 1.807) is 31.6 Å². The van der Waals surface area contributed by atoms with Crippen molar-refractivity contribution in [1.82, 2.24) is 14.9 Å². The third kappa shape index (κ3) is 4.80. The van der Waals surface area contributed by atoms with Crippen LogP contribution in [0.3, 0.4) is 0 Å². The smallest absolute Gasteiger partial charge is 0.253 e. The number of methoxy groups -OCH3 is 2. The first-order valence-electron chi connectivity index (χ1n) is 9.77. The molecule has 0 radical (unpaired) electrons. The molecule has 1 amide bonds. The maximum atomic E-state index is 12.6. The van der Waals surface area contributed by atoms with E-state index in [0.29, 0.717) is 18.7 Å². The Labute approximate surface area is 181 Å². The second-order valence-corrected chi connectivity index (χ2v) is 7.65. The van der Waals surface area contributed by atoms with E-state index in [1.165, 1.54) is 0 Å². The molecule has 0 aliphatic rings. The number of nitrogens with zero attached hydrogens (tertiary/aromatic N) is 2. The van der Waals surface area contributed by atoms with E-state index in [9.17, 15) is 4.79 Å². The molecule has 158 valence electrons. The van der Waals surface area contributed by atoms with Crippen molar-refractivity contribution >= 4 is 17.2 Å². The molecule has 0 aliphatic heterocycles. The van der Waals surface area contributed by atoms with Crippen LogP contribution in [0.15, 0.2) is 48.4 Å². The fraction of sp³-hybridized carbons (Fsp3) is 0.304. The molecule has 0 fully saturated rings. The van der Waals surface area contributed by atoms with Gasteiger partial charge in [-0.05, 0) is 43.7 Å². The first-order valence-corrected chi connectivity index (χ1v) is 10.7. The summed E-state index contributed by atoms with van der Waals surface area (Å²) in [7, 11) is 3.35. The minimum Gasteiger partial charge on any atom is -0.497 e. The highest BCUT2D eigenvalue weighted by molar-refractivity contribution is 7.13. The zero-order valence-electron chi connectivity index (χ0n) is 17.6.